The number of anilines is 2. The number of piperidine rings is 2. The molecule has 9 nitrogen and oxygen atoms in total. The Morgan fingerprint density at radius 2 is 1.77 bits per heavy atom. The van der Waals surface area contributed by atoms with Crippen LogP contribution in [0.2, 0.25) is 5.02 Å². The third-order valence-corrected chi connectivity index (χ3v) is 9.01. The summed E-state index contributed by atoms with van der Waals surface area (Å²) in [4.78, 5) is 7.09. The van der Waals surface area contributed by atoms with Crippen molar-refractivity contribution in [3.8, 4) is 6.07 Å². The van der Waals surface area contributed by atoms with E-state index in [1.807, 2.05) is 35.0 Å². The number of halogens is 1. The van der Waals surface area contributed by atoms with E-state index in [0.29, 0.717) is 22.1 Å². The fourth-order valence-corrected chi connectivity index (χ4v) is 6.52. The van der Waals surface area contributed by atoms with Crippen LogP contribution in [0.25, 0.3) is 10.9 Å². The van der Waals surface area contributed by atoms with Crippen LogP contribution >= 0.6 is 11.6 Å². The first-order chi connectivity index (χ1) is 20.8. The van der Waals surface area contributed by atoms with Gasteiger partial charge in [-0.15, -0.1) is 5.10 Å². The third-order valence-electron chi connectivity index (χ3n) is 8.73. The molecule has 0 amide bonds. The van der Waals surface area contributed by atoms with E-state index in [-0.39, 0.29) is 11.6 Å². The van der Waals surface area contributed by atoms with Crippen LogP contribution < -0.4 is 10.7 Å². The molecule has 0 bridgehead atoms. The highest BCUT2D eigenvalue weighted by atomic mass is 35.5. The quantitative estimate of drug-likeness (QED) is 0.240. The number of hydrogen-bond donors (Lipinski definition) is 2. The van der Waals surface area contributed by atoms with E-state index in [1.165, 1.54) is 6.42 Å². The number of nitriles is 1. The normalized spacial score (nSPS) is 17.9. The minimum atomic E-state index is -0.247. The lowest BCUT2D eigenvalue weighted by Crippen LogP contribution is -2.46. The van der Waals surface area contributed by atoms with Gasteiger partial charge in [-0.2, -0.15) is 5.26 Å². The van der Waals surface area contributed by atoms with Gasteiger partial charge in [-0.05, 0) is 64.2 Å². The first-order valence-electron chi connectivity index (χ1n) is 15.3. The lowest BCUT2D eigenvalue weighted by molar-refractivity contribution is 0.0866. The van der Waals surface area contributed by atoms with Crippen molar-refractivity contribution in [3.63, 3.8) is 0 Å². The van der Waals surface area contributed by atoms with Crippen molar-refractivity contribution in [2.24, 2.45) is 0 Å². The Balaban J connectivity index is 1.32. The van der Waals surface area contributed by atoms with Crippen molar-refractivity contribution in [2.75, 3.05) is 36.9 Å². The van der Waals surface area contributed by atoms with Crippen molar-refractivity contribution in [3.05, 3.63) is 76.7 Å². The van der Waals surface area contributed by atoms with E-state index >= 15 is 0 Å². The predicted octanol–water partition coefficient (Wildman–Crippen LogP) is 6.80. The summed E-state index contributed by atoms with van der Waals surface area (Å²) in [6.07, 6.45) is 9.26. The van der Waals surface area contributed by atoms with Gasteiger partial charge >= 0.3 is 0 Å². The second kappa shape index (κ2) is 12.5. The number of hydrazine groups is 1. The highest BCUT2D eigenvalue weighted by Crippen LogP contribution is 2.36. The van der Waals surface area contributed by atoms with Crippen LogP contribution in [-0.4, -0.2) is 61.6 Å². The number of rotatable bonds is 7. The molecule has 2 aliphatic heterocycles. The van der Waals surface area contributed by atoms with Crippen molar-refractivity contribution >= 4 is 33.9 Å². The molecule has 224 valence electrons. The van der Waals surface area contributed by atoms with Crippen LogP contribution in [0.4, 0.5) is 11.4 Å². The average Bonchev–Trinajstić information content (AvgIpc) is 3.51. The molecule has 4 heterocycles. The van der Waals surface area contributed by atoms with E-state index in [4.69, 9.17) is 11.6 Å². The van der Waals surface area contributed by atoms with E-state index in [2.05, 4.69) is 81.1 Å². The SMILES string of the molecule is CC(C)(C)N1CCC(n2cc([C@@H](Nc3cc(Cl)c4ncc(C#N)c(NN5CCCCC5)c4c3)c3ccccc3)nn2)CC1. The van der Waals surface area contributed by atoms with Gasteiger partial charge < -0.3 is 10.7 Å². The number of likely N-dealkylation sites (tertiary alicyclic amines) is 1. The zero-order chi connectivity index (χ0) is 30.0. The third kappa shape index (κ3) is 6.47. The maximum absolute atomic E-state index is 9.94. The number of aromatic nitrogens is 4. The first-order valence-corrected chi connectivity index (χ1v) is 15.7. The molecule has 0 unspecified atom stereocenters. The summed E-state index contributed by atoms with van der Waals surface area (Å²) in [6.45, 7) is 10.8. The lowest BCUT2D eigenvalue weighted by Gasteiger charge is -2.40. The highest BCUT2D eigenvalue weighted by Gasteiger charge is 2.29. The molecule has 0 aliphatic carbocycles. The fraction of sp³-hybridized carbons (Fsp3) is 0.455. The smallest absolute Gasteiger partial charge is 0.109 e. The van der Waals surface area contributed by atoms with E-state index in [1.54, 1.807) is 6.20 Å². The standard InChI is InChI=1S/C33H40ClN9/c1-33(2,3)41-16-12-26(13-17-41)43-22-29(38-40-43)31(23-10-6-4-7-11-23)37-25-18-27-30(39-42-14-8-5-9-15-42)24(20-35)21-36-32(27)28(34)19-25/h4,6-7,10-11,18-19,21-22,26,31,37H,5,8-9,12-17H2,1-3H3,(H,36,39)/t31-/m0/s1. The van der Waals surface area contributed by atoms with E-state index < -0.39 is 0 Å². The van der Waals surface area contributed by atoms with Crippen molar-refractivity contribution in [1.82, 2.24) is 29.9 Å². The second-order valence-corrected chi connectivity index (χ2v) is 13.1. The maximum atomic E-state index is 9.94. The Kier molecular flexibility index (Phi) is 8.53. The molecule has 2 aromatic carbocycles. The lowest BCUT2D eigenvalue weighted by atomic mass is 9.98. The number of benzene rings is 2. The summed E-state index contributed by atoms with van der Waals surface area (Å²) >= 11 is 6.83. The number of hydrogen-bond acceptors (Lipinski definition) is 8. The molecular formula is C33H40ClN9. The Bertz CT molecular complexity index is 1590. The first kappa shape index (κ1) is 29.4. The van der Waals surface area contributed by atoms with Crippen molar-refractivity contribution < 1.29 is 0 Å². The van der Waals surface area contributed by atoms with Gasteiger partial charge in [0.2, 0.25) is 0 Å². The average molecular weight is 598 g/mol. The number of nitrogens with zero attached hydrogens (tertiary/aromatic N) is 7. The summed E-state index contributed by atoms with van der Waals surface area (Å²) in [5.74, 6) is 0. The molecule has 4 aromatic rings. The van der Waals surface area contributed by atoms with Gasteiger partial charge in [-0.25, -0.2) is 9.69 Å². The van der Waals surface area contributed by atoms with Crippen LogP contribution in [0.5, 0.6) is 0 Å². The molecule has 2 fully saturated rings. The molecule has 2 aromatic heterocycles. The van der Waals surface area contributed by atoms with Crippen LogP contribution in [0.1, 0.15) is 81.8 Å². The zero-order valence-corrected chi connectivity index (χ0v) is 26.0. The minimum absolute atomic E-state index is 0.175. The number of nitrogens with one attached hydrogen (secondary N) is 2. The zero-order valence-electron chi connectivity index (χ0n) is 25.2. The summed E-state index contributed by atoms with van der Waals surface area (Å²) in [5.41, 5.74) is 8.32. The molecule has 0 radical (unpaired) electrons. The molecular weight excluding hydrogens is 558 g/mol. The summed E-state index contributed by atoms with van der Waals surface area (Å²) in [7, 11) is 0. The van der Waals surface area contributed by atoms with Gasteiger partial charge in [-0.1, -0.05) is 53.6 Å². The van der Waals surface area contributed by atoms with E-state index in [9.17, 15) is 5.26 Å². The Morgan fingerprint density at radius 1 is 1.02 bits per heavy atom. The van der Waals surface area contributed by atoms with Crippen LogP contribution in [-0.2, 0) is 0 Å². The van der Waals surface area contributed by atoms with Crippen LogP contribution in [0.15, 0.2) is 54.9 Å². The van der Waals surface area contributed by atoms with Gasteiger partial charge in [0.05, 0.1) is 40.1 Å². The second-order valence-electron chi connectivity index (χ2n) is 12.7. The maximum Gasteiger partial charge on any atom is 0.109 e. The summed E-state index contributed by atoms with van der Waals surface area (Å²) < 4.78 is 2.05. The molecule has 43 heavy (non-hydrogen) atoms. The largest absolute Gasteiger partial charge is 0.373 e. The molecule has 2 N–H and O–H groups in total. The molecule has 1 atom stereocenters. The van der Waals surface area contributed by atoms with Crippen LogP contribution in [0.3, 0.4) is 0 Å². The predicted molar refractivity (Wildman–Crippen MR) is 172 cm³/mol. The Morgan fingerprint density at radius 3 is 2.47 bits per heavy atom. The van der Waals surface area contributed by atoms with E-state index in [0.717, 1.165) is 79.9 Å². The minimum Gasteiger partial charge on any atom is -0.373 e. The molecule has 6 rings (SSSR count). The monoisotopic (exact) mass is 597 g/mol. The molecule has 2 saturated heterocycles. The number of pyridine rings is 1. The van der Waals surface area contributed by atoms with Gasteiger partial charge in [0.1, 0.15) is 11.8 Å². The Hall–Kier alpha value is -3.71. The summed E-state index contributed by atoms with van der Waals surface area (Å²) in [6, 6.07) is 16.6. The van der Waals surface area contributed by atoms with Gasteiger partial charge in [0.25, 0.3) is 0 Å². The molecule has 0 saturated carbocycles. The molecule has 2 aliphatic rings. The molecule has 10 heteroatoms. The van der Waals surface area contributed by atoms with Gasteiger partial charge in [-0.3, -0.25) is 9.88 Å². The van der Waals surface area contributed by atoms with Crippen molar-refractivity contribution in [1.29, 1.82) is 5.26 Å². The van der Waals surface area contributed by atoms with Gasteiger partial charge in [0.15, 0.2) is 0 Å². The van der Waals surface area contributed by atoms with Crippen molar-refractivity contribution in [2.45, 2.75) is 70.5 Å². The number of fused-ring (bicyclic) bond motifs is 1. The Labute approximate surface area is 258 Å². The highest BCUT2D eigenvalue weighted by molar-refractivity contribution is 6.35. The molecule has 0 spiro atoms. The van der Waals surface area contributed by atoms with Crippen LogP contribution in [0, 0.1) is 11.3 Å². The topological polar surface area (TPSA) is 97.9 Å². The van der Waals surface area contributed by atoms with Gasteiger partial charge in [0, 0.05) is 49.0 Å². The fourth-order valence-electron chi connectivity index (χ4n) is 6.25. The summed E-state index contributed by atoms with van der Waals surface area (Å²) in [5, 5.41) is 26.4.